The molecule has 1 amide bonds. The number of rotatable bonds is 14. The van der Waals surface area contributed by atoms with Gasteiger partial charge in [-0.15, -0.1) is 0 Å². The number of benzene rings is 2. The molecule has 0 bridgehead atoms. The molecule has 0 aliphatic rings. The van der Waals surface area contributed by atoms with Gasteiger partial charge in [-0.3, -0.25) is 9.59 Å². The van der Waals surface area contributed by atoms with Gasteiger partial charge < -0.3 is 20.1 Å². The molecule has 0 saturated heterocycles. The van der Waals surface area contributed by atoms with Crippen molar-refractivity contribution in [1.29, 1.82) is 0 Å². The van der Waals surface area contributed by atoms with Gasteiger partial charge in [-0.05, 0) is 54.2 Å². The number of carbonyl (C=O) groups is 2. The maximum Gasteiger partial charge on any atom is 0.304 e. The quantitative estimate of drug-likeness (QED) is 0.296. The van der Waals surface area contributed by atoms with Crippen molar-refractivity contribution in [2.75, 3.05) is 30.5 Å². The van der Waals surface area contributed by atoms with E-state index in [0.29, 0.717) is 11.6 Å². The summed E-state index contributed by atoms with van der Waals surface area (Å²) in [4.78, 5) is 26.8. The first kappa shape index (κ1) is 29.6. The van der Waals surface area contributed by atoms with Crippen LogP contribution in [-0.2, 0) is 20.7 Å². The number of methoxy groups -OCH3 is 1. The SMILES string of the molecule is CCC(CC)N(CC(C)C)c1ccc(C(COC)CC(=O)O)cc1NC(=O)Cc1ccc(Cl)cc1F. The molecule has 2 aromatic carbocycles. The Balaban J connectivity index is 2.51. The van der Waals surface area contributed by atoms with E-state index in [0.717, 1.165) is 30.6 Å². The average Bonchev–Trinajstić information content (AvgIpc) is 2.80. The van der Waals surface area contributed by atoms with Crippen molar-refractivity contribution in [2.24, 2.45) is 5.92 Å². The third kappa shape index (κ3) is 8.49. The Bertz CT molecular complexity index is 1030. The van der Waals surface area contributed by atoms with Crippen LogP contribution in [0.15, 0.2) is 36.4 Å². The molecule has 198 valence electrons. The highest BCUT2D eigenvalue weighted by molar-refractivity contribution is 6.30. The van der Waals surface area contributed by atoms with Crippen molar-refractivity contribution in [3.63, 3.8) is 0 Å². The number of carboxylic acid groups (broad SMARTS) is 1. The van der Waals surface area contributed by atoms with Crippen LogP contribution >= 0.6 is 11.6 Å². The molecular weight excluding hydrogens is 483 g/mol. The Morgan fingerprint density at radius 1 is 1.14 bits per heavy atom. The van der Waals surface area contributed by atoms with Gasteiger partial charge in [0, 0.05) is 30.6 Å². The number of carbonyl (C=O) groups excluding carboxylic acids is 1. The fraction of sp³-hybridized carbons (Fsp3) is 0.500. The van der Waals surface area contributed by atoms with E-state index in [2.05, 4.69) is 37.9 Å². The van der Waals surface area contributed by atoms with Crippen molar-refractivity contribution >= 4 is 34.9 Å². The topological polar surface area (TPSA) is 78.9 Å². The van der Waals surface area contributed by atoms with E-state index < -0.39 is 11.8 Å². The Hall–Kier alpha value is -2.64. The van der Waals surface area contributed by atoms with Crippen LogP contribution in [0.4, 0.5) is 15.8 Å². The molecule has 0 saturated carbocycles. The first-order valence-electron chi connectivity index (χ1n) is 12.4. The summed E-state index contributed by atoms with van der Waals surface area (Å²) in [5.74, 6) is -1.83. The molecule has 0 fully saturated rings. The Labute approximate surface area is 218 Å². The molecule has 36 heavy (non-hydrogen) atoms. The van der Waals surface area contributed by atoms with Crippen molar-refractivity contribution in [2.45, 2.75) is 65.3 Å². The lowest BCUT2D eigenvalue weighted by Crippen LogP contribution is -2.38. The van der Waals surface area contributed by atoms with E-state index in [9.17, 15) is 19.1 Å². The predicted molar refractivity (Wildman–Crippen MR) is 144 cm³/mol. The third-order valence-corrected chi connectivity index (χ3v) is 6.41. The summed E-state index contributed by atoms with van der Waals surface area (Å²) >= 11 is 5.85. The smallest absolute Gasteiger partial charge is 0.304 e. The fourth-order valence-electron chi connectivity index (χ4n) is 4.44. The first-order valence-corrected chi connectivity index (χ1v) is 12.8. The van der Waals surface area contributed by atoms with Crippen LogP contribution in [0.2, 0.25) is 5.02 Å². The largest absolute Gasteiger partial charge is 0.481 e. The van der Waals surface area contributed by atoms with Gasteiger partial charge in [0.2, 0.25) is 5.91 Å². The molecule has 0 aliphatic heterocycles. The summed E-state index contributed by atoms with van der Waals surface area (Å²) in [7, 11) is 1.53. The van der Waals surface area contributed by atoms with Crippen molar-refractivity contribution in [1.82, 2.24) is 0 Å². The Morgan fingerprint density at radius 3 is 2.39 bits per heavy atom. The molecule has 0 radical (unpaired) electrons. The highest BCUT2D eigenvalue weighted by Gasteiger charge is 2.24. The van der Waals surface area contributed by atoms with Gasteiger partial charge in [-0.25, -0.2) is 4.39 Å². The number of nitrogens with zero attached hydrogens (tertiary/aromatic N) is 1. The van der Waals surface area contributed by atoms with Gasteiger partial charge in [-0.1, -0.05) is 51.4 Å². The maximum absolute atomic E-state index is 14.3. The second kappa shape index (κ2) is 14.2. The standard InChI is InChI=1S/C28H38ClFN2O4/c1-6-23(7-2)32(16-18(3)4)26-11-9-19(21(17-36-5)14-28(34)35)12-25(26)31-27(33)13-20-8-10-22(29)15-24(20)30/h8-12,15,18,21,23H,6-7,13-14,16-17H2,1-5H3,(H,31,33)(H,34,35). The van der Waals surface area contributed by atoms with E-state index in [1.165, 1.54) is 19.2 Å². The van der Waals surface area contributed by atoms with Crippen LogP contribution in [-0.4, -0.2) is 43.3 Å². The molecule has 1 unspecified atom stereocenters. The highest BCUT2D eigenvalue weighted by Crippen LogP contribution is 2.34. The van der Waals surface area contributed by atoms with Gasteiger partial charge in [0.1, 0.15) is 5.82 Å². The van der Waals surface area contributed by atoms with Crippen LogP contribution in [0.5, 0.6) is 0 Å². The van der Waals surface area contributed by atoms with Crippen molar-refractivity contribution in [3.8, 4) is 0 Å². The van der Waals surface area contributed by atoms with Crippen LogP contribution in [0, 0.1) is 11.7 Å². The van der Waals surface area contributed by atoms with Crippen LogP contribution in [0.1, 0.15) is 64.0 Å². The van der Waals surface area contributed by atoms with Gasteiger partial charge in [-0.2, -0.15) is 0 Å². The average molecular weight is 521 g/mol. The number of halogens is 2. The van der Waals surface area contributed by atoms with E-state index in [4.69, 9.17) is 16.3 Å². The zero-order chi connectivity index (χ0) is 26.8. The Morgan fingerprint density at radius 2 is 1.83 bits per heavy atom. The molecule has 0 spiro atoms. The zero-order valence-electron chi connectivity index (χ0n) is 21.8. The normalized spacial score (nSPS) is 12.1. The van der Waals surface area contributed by atoms with E-state index >= 15 is 0 Å². The number of amides is 1. The number of carboxylic acids is 1. The number of aliphatic carboxylic acids is 1. The predicted octanol–water partition coefficient (Wildman–Crippen LogP) is 6.52. The van der Waals surface area contributed by atoms with Crippen LogP contribution in [0.3, 0.4) is 0 Å². The number of anilines is 2. The lowest BCUT2D eigenvalue weighted by molar-refractivity contribution is -0.137. The molecule has 6 nitrogen and oxygen atoms in total. The lowest BCUT2D eigenvalue weighted by Gasteiger charge is -2.36. The monoisotopic (exact) mass is 520 g/mol. The summed E-state index contributed by atoms with van der Waals surface area (Å²) in [6.45, 7) is 9.59. The van der Waals surface area contributed by atoms with Gasteiger partial charge >= 0.3 is 5.97 Å². The lowest BCUT2D eigenvalue weighted by atomic mass is 9.94. The van der Waals surface area contributed by atoms with Crippen LogP contribution in [0.25, 0.3) is 0 Å². The summed E-state index contributed by atoms with van der Waals surface area (Å²) in [6, 6.07) is 10.2. The van der Waals surface area contributed by atoms with E-state index in [-0.39, 0.29) is 47.9 Å². The minimum Gasteiger partial charge on any atom is -0.481 e. The van der Waals surface area contributed by atoms with Gasteiger partial charge in [0.25, 0.3) is 0 Å². The molecule has 2 rings (SSSR count). The minimum absolute atomic E-state index is 0.0984. The van der Waals surface area contributed by atoms with Crippen molar-refractivity contribution < 1.29 is 23.8 Å². The summed E-state index contributed by atoms with van der Waals surface area (Å²) in [6.07, 6.45) is 1.61. The zero-order valence-corrected chi connectivity index (χ0v) is 22.6. The van der Waals surface area contributed by atoms with E-state index in [1.54, 1.807) is 6.07 Å². The molecule has 0 heterocycles. The number of hydrogen-bond acceptors (Lipinski definition) is 4. The van der Waals surface area contributed by atoms with Gasteiger partial charge in [0.15, 0.2) is 0 Å². The summed E-state index contributed by atoms with van der Waals surface area (Å²) in [5, 5.41) is 12.6. The molecule has 1 atom stereocenters. The molecule has 2 N–H and O–H groups in total. The van der Waals surface area contributed by atoms with Gasteiger partial charge in [0.05, 0.1) is 30.8 Å². The molecule has 0 aromatic heterocycles. The van der Waals surface area contributed by atoms with E-state index in [1.807, 2.05) is 18.2 Å². The number of nitrogens with one attached hydrogen (secondary N) is 1. The molecule has 8 heteroatoms. The summed E-state index contributed by atoms with van der Waals surface area (Å²) < 4.78 is 19.6. The van der Waals surface area contributed by atoms with Crippen molar-refractivity contribution in [3.05, 3.63) is 58.4 Å². The molecule has 2 aromatic rings. The fourth-order valence-corrected chi connectivity index (χ4v) is 4.60. The summed E-state index contributed by atoms with van der Waals surface area (Å²) in [5.41, 5.74) is 2.44. The number of hydrogen-bond donors (Lipinski definition) is 2. The molecular formula is C28H38ClFN2O4. The maximum atomic E-state index is 14.3. The van der Waals surface area contributed by atoms with Crippen LogP contribution < -0.4 is 10.2 Å². The highest BCUT2D eigenvalue weighted by atomic mass is 35.5. The first-order chi connectivity index (χ1) is 17.1. The molecule has 0 aliphatic carbocycles. The minimum atomic E-state index is -0.927. The number of ether oxygens (including phenoxy) is 1. The second-order valence-electron chi connectivity index (χ2n) is 9.50. The Kier molecular flexibility index (Phi) is 11.7. The second-order valence-corrected chi connectivity index (χ2v) is 9.94. The third-order valence-electron chi connectivity index (χ3n) is 6.18.